The van der Waals surface area contributed by atoms with Crippen molar-refractivity contribution >= 4 is 39.0 Å². The lowest BCUT2D eigenvalue weighted by Gasteiger charge is -2.25. The van der Waals surface area contributed by atoms with E-state index in [0.29, 0.717) is 24.6 Å². The van der Waals surface area contributed by atoms with E-state index < -0.39 is 0 Å². The molecule has 98 valence electrons. The molecule has 0 N–H and O–H groups in total. The van der Waals surface area contributed by atoms with Crippen LogP contribution in [0, 0.1) is 0 Å². The minimum absolute atomic E-state index is 0.330. The lowest BCUT2D eigenvalue weighted by molar-refractivity contribution is -0.119. The number of rotatable bonds is 2. The average molecular weight is 338 g/mol. The van der Waals surface area contributed by atoms with E-state index in [2.05, 4.69) is 30.8 Å². The van der Waals surface area contributed by atoms with Gasteiger partial charge in [0, 0.05) is 48.8 Å². The number of halogens is 1. The Balaban J connectivity index is 1.77. The molecule has 3 rings (SSSR count). The van der Waals surface area contributed by atoms with Crippen LogP contribution >= 0.6 is 27.3 Å². The first-order valence-corrected chi connectivity index (χ1v) is 7.68. The molecule has 1 saturated heterocycles. The van der Waals surface area contributed by atoms with Crippen LogP contribution in [0.15, 0.2) is 28.3 Å². The fourth-order valence-electron chi connectivity index (χ4n) is 2.04. The van der Waals surface area contributed by atoms with Crippen LogP contribution in [0.4, 0.5) is 5.95 Å². The zero-order valence-electron chi connectivity index (χ0n) is 10.2. The summed E-state index contributed by atoms with van der Waals surface area (Å²) in [5.41, 5.74) is 1.02. The van der Waals surface area contributed by atoms with E-state index in [1.165, 1.54) is 0 Å². The van der Waals surface area contributed by atoms with Crippen molar-refractivity contribution in [2.45, 2.75) is 12.8 Å². The molecule has 19 heavy (non-hydrogen) atoms. The summed E-state index contributed by atoms with van der Waals surface area (Å²) in [4.78, 5) is 23.2. The fourth-order valence-corrected chi connectivity index (χ4v) is 3.40. The normalized spacial score (nSPS) is 15.8. The van der Waals surface area contributed by atoms with E-state index >= 15 is 0 Å². The Labute approximate surface area is 123 Å². The minimum atomic E-state index is 0.330. The Bertz CT molecular complexity index is 586. The summed E-state index contributed by atoms with van der Waals surface area (Å²) in [7, 11) is 0. The molecule has 0 aliphatic carbocycles. The molecule has 0 spiro atoms. The van der Waals surface area contributed by atoms with Crippen molar-refractivity contribution in [1.82, 2.24) is 9.97 Å². The van der Waals surface area contributed by atoms with Crippen LogP contribution in [-0.4, -0.2) is 28.8 Å². The van der Waals surface area contributed by atoms with E-state index in [1.54, 1.807) is 11.3 Å². The quantitative estimate of drug-likeness (QED) is 0.844. The van der Waals surface area contributed by atoms with Crippen LogP contribution in [0.2, 0.25) is 0 Å². The Morgan fingerprint density at radius 1 is 1.16 bits per heavy atom. The summed E-state index contributed by atoms with van der Waals surface area (Å²) >= 11 is 5.11. The van der Waals surface area contributed by atoms with Gasteiger partial charge in [0.25, 0.3) is 0 Å². The number of thiophene rings is 1. The van der Waals surface area contributed by atoms with Crippen molar-refractivity contribution in [3.05, 3.63) is 28.3 Å². The van der Waals surface area contributed by atoms with Crippen LogP contribution in [0.25, 0.3) is 10.4 Å². The summed E-state index contributed by atoms with van der Waals surface area (Å²) in [6.45, 7) is 1.45. The van der Waals surface area contributed by atoms with Gasteiger partial charge in [-0.1, -0.05) is 0 Å². The number of aromatic nitrogens is 2. The molecule has 4 nitrogen and oxygen atoms in total. The molecular formula is C13H12BrN3OS. The topological polar surface area (TPSA) is 46.1 Å². The molecule has 1 aliphatic rings. The zero-order valence-corrected chi connectivity index (χ0v) is 12.6. The third-order valence-electron chi connectivity index (χ3n) is 3.10. The number of carbonyl (C=O) groups is 1. The van der Waals surface area contributed by atoms with Crippen molar-refractivity contribution in [2.75, 3.05) is 18.0 Å². The third-order valence-corrected chi connectivity index (χ3v) is 4.77. The molecule has 0 atom stereocenters. The van der Waals surface area contributed by atoms with E-state index in [9.17, 15) is 4.79 Å². The molecule has 0 unspecified atom stereocenters. The van der Waals surface area contributed by atoms with Crippen LogP contribution in [0.1, 0.15) is 12.8 Å². The number of Topliss-reactive ketones (excluding diaryl/α,β-unsaturated/α-hetero) is 1. The predicted octanol–water partition coefficient (Wildman–Crippen LogP) is 3.14. The van der Waals surface area contributed by atoms with Crippen LogP contribution in [-0.2, 0) is 4.79 Å². The summed E-state index contributed by atoms with van der Waals surface area (Å²) < 4.78 is 1.10. The second-order valence-electron chi connectivity index (χ2n) is 4.40. The average Bonchev–Trinajstić information content (AvgIpc) is 2.87. The summed E-state index contributed by atoms with van der Waals surface area (Å²) in [5.74, 6) is 1.04. The highest BCUT2D eigenvalue weighted by Crippen LogP contribution is 2.30. The molecule has 0 radical (unpaired) electrons. The molecular weight excluding hydrogens is 326 g/mol. The van der Waals surface area contributed by atoms with Gasteiger partial charge in [-0.05, 0) is 28.1 Å². The van der Waals surface area contributed by atoms with Gasteiger partial charge >= 0.3 is 0 Å². The third kappa shape index (κ3) is 2.84. The first-order valence-electron chi connectivity index (χ1n) is 6.07. The fraction of sp³-hybridized carbons (Fsp3) is 0.308. The maximum absolute atomic E-state index is 11.2. The maximum atomic E-state index is 11.2. The number of nitrogens with zero attached hydrogens (tertiary/aromatic N) is 3. The van der Waals surface area contributed by atoms with E-state index in [4.69, 9.17) is 0 Å². The maximum Gasteiger partial charge on any atom is 0.225 e. The standard InChI is InChI=1S/C13H12BrN3OS/c14-12-2-1-11(19-12)9-7-15-13(16-8-9)17-5-3-10(18)4-6-17/h1-2,7-8H,3-6H2. The number of piperidine rings is 1. The summed E-state index contributed by atoms with van der Waals surface area (Å²) in [5, 5.41) is 0. The minimum Gasteiger partial charge on any atom is -0.340 e. The van der Waals surface area contributed by atoms with Gasteiger partial charge in [0.1, 0.15) is 5.78 Å². The van der Waals surface area contributed by atoms with Crippen molar-refractivity contribution in [3.63, 3.8) is 0 Å². The van der Waals surface area contributed by atoms with Gasteiger partial charge < -0.3 is 4.90 Å². The monoisotopic (exact) mass is 337 g/mol. The van der Waals surface area contributed by atoms with Gasteiger partial charge in [0.05, 0.1) is 3.79 Å². The smallest absolute Gasteiger partial charge is 0.225 e. The van der Waals surface area contributed by atoms with Crippen molar-refractivity contribution in [1.29, 1.82) is 0 Å². The molecule has 0 aromatic carbocycles. The predicted molar refractivity (Wildman–Crippen MR) is 79.5 cm³/mol. The highest BCUT2D eigenvalue weighted by atomic mass is 79.9. The van der Waals surface area contributed by atoms with Gasteiger partial charge in [-0.15, -0.1) is 11.3 Å². The Morgan fingerprint density at radius 2 is 1.84 bits per heavy atom. The number of hydrogen-bond acceptors (Lipinski definition) is 5. The molecule has 6 heteroatoms. The Morgan fingerprint density at radius 3 is 2.42 bits per heavy atom. The van der Waals surface area contributed by atoms with Crippen LogP contribution < -0.4 is 4.90 Å². The molecule has 1 aliphatic heterocycles. The number of carbonyl (C=O) groups excluding carboxylic acids is 1. The van der Waals surface area contributed by atoms with E-state index in [-0.39, 0.29) is 0 Å². The number of ketones is 1. The van der Waals surface area contributed by atoms with E-state index in [1.807, 2.05) is 24.5 Å². The van der Waals surface area contributed by atoms with Gasteiger partial charge in [-0.3, -0.25) is 4.79 Å². The van der Waals surface area contributed by atoms with Crippen LogP contribution in [0.3, 0.4) is 0 Å². The number of anilines is 1. The summed E-state index contributed by atoms with van der Waals surface area (Å²) in [6.07, 6.45) is 4.89. The van der Waals surface area contributed by atoms with Crippen molar-refractivity contribution in [3.8, 4) is 10.4 Å². The molecule has 2 aromatic rings. The van der Waals surface area contributed by atoms with Gasteiger partial charge in [-0.25, -0.2) is 9.97 Å². The van der Waals surface area contributed by atoms with Gasteiger partial charge in [0.2, 0.25) is 5.95 Å². The Hall–Kier alpha value is -1.27. The molecule has 3 heterocycles. The zero-order chi connectivity index (χ0) is 13.2. The lowest BCUT2D eigenvalue weighted by Crippen LogP contribution is -2.34. The summed E-state index contributed by atoms with van der Waals surface area (Å²) in [6, 6.07) is 4.07. The first kappa shape index (κ1) is 12.7. The molecule has 0 amide bonds. The van der Waals surface area contributed by atoms with Gasteiger partial charge in [-0.2, -0.15) is 0 Å². The second-order valence-corrected chi connectivity index (χ2v) is 6.86. The second kappa shape index (κ2) is 5.38. The highest BCUT2D eigenvalue weighted by Gasteiger charge is 2.18. The van der Waals surface area contributed by atoms with Gasteiger partial charge in [0.15, 0.2) is 0 Å². The molecule has 2 aromatic heterocycles. The van der Waals surface area contributed by atoms with Crippen molar-refractivity contribution in [2.24, 2.45) is 0 Å². The SMILES string of the molecule is O=C1CCN(c2ncc(-c3ccc(Br)s3)cn2)CC1. The van der Waals surface area contributed by atoms with E-state index in [0.717, 1.165) is 27.3 Å². The molecule has 0 saturated carbocycles. The first-order chi connectivity index (χ1) is 9.22. The van der Waals surface area contributed by atoms with Crippen molar-refractivity contribution < 1.29 is 4.79 Å². The largest absolute Gasteiger partial charge is 0.340 e. The Kier molecular flexibility index (Phi) is 3.61. The number of hydrogen-bond donors (Lipinski definition) is 0. The highest BCUT2D eigenvalue weighted by molar-refractivity contribution is 9.11. The molecule has 0 bridgehead atoms. The van der Waals surface area contributed by atoms with Crippen LogP contribution in [0.5, 0.6) is 0 Å². The molecule has 1 fully saturated rings. The lowest BCUT2D eigenvalue weighted by atomic mass is 10.1.